The first-order valence-corrected chi connectivity index (χ1v) is 9.17. The van der Waals surface area contributed by atoms with E-state index in [1.807, 2.05) is 0 Å². The fourth-order valence-corrected chi connectivity index (χ4v) is 3.81. The lowest BCUT2D eigenvalue weighted by atomic mass is 9.76. The Morgan fingerprint density at radius 3 is 2.59 bits per heavy atom. The number of ether oxygens (including phenoxy) is 1. The van der Waals surface area contributed by atoms with E-state index in [9.17, 15) is 10.1 Å². The van der Waals surface area contributed by atoms with Gasteiger partial charge in [-0.3, -0.25) is 10.1 Å². The predicted octanol–water partition coefficient (Wildman–Crippen LogP) is 5.10. The van der Waals surface area contributed by atoms with Gasteiger partial charge in [0, 0.05) is 23.7 Å². The number of nitrogens with zero attached hydrogens (tertiary/aromatic N) is 1. The normalized spacial score (nSPS) is 26.2. The van der Waals surface area contributed by atoms with Crippen LogP contribution in [0.15, 0.2) is 0 Å². The van der Waals surface area contributed by atoms with Crippen LogP contribution in [0, 0.1) is 29.1 Å². The van der Waals surface area contributed by atoms with Crippen LogP contribution in [-0.4, -0.2) is 17.1 Å². The van der Waals surface area contributed by atoms with Crippen molar-refractivity contribution in [3.8, 4) is 0 Å². The fraction of sp³-hybridized carbons (Fsp3) is 0.889. The molecule has 4 heteroatoms. The minimum Gasteiger partial charge on any atom is -0.368 e. The second-order valence-corrected chi connectivity index (χ2v) is 6.90. The molecule has 0 aromatic carbocycles. The highest BCUT2D eigenvalue weighted by molar-refractivity contribution is 5.03. The number of hydrogen-bond acceptors (Lipinski definition) is 3. The lowest BCUT2D eigenvalue weighted by Gasteiger charge is -2.47. The monoisotopic (exact) mass is 309 g/mol. The van der Waals surface area contributed by atoms with Crippen LogP contribution in [0.5, 0.6) is 0 Å². The molecule has 2 unspecified atom stereocenters. The van der Waals surface area contributed by atoms with Crippen molar-refractivity contribution in [2.75, 3.05) is 0 Å². The van der Waals surface area contributed by atoms with Crippen molar-refractivity contribution in [2.45, 2.75) is 95.6 Å². The summed E-state index contributed by atoms with van der Waals surface area (Å²) in [6, 6.07) is -0.383. The van der Waals surface area contributed by atoms with Crippen molar-refractivity contribution in [1.82, 2.24) is 0 Å². The molecule has 1 saturated heterocycles. The number of fused-ring (bicyclic) bond motifs is 1. The quantitative estimate of drug-likeness (QED) is 0.303. The van der Waals surface area contributed by atoms with Gasteiger partial charge in [-0.05, 0) is 25.7 Å². The maximum absolute atomic E-state index is 11.2. The first-order chi connectivity index (χ1) is 10.7. The maximum atomic E-state index is 11.2. The average Bonchev–Trinajstić information content (AvgIpc) is 2.49. The van der Waals surface area contributed by atoms with E-state index in [0.29, 0.717) is 18.4 Å². The van der Waals surface area contributed by atoms with Gasteiger partial charge in [0.2, 0.25) is 6.04 Å². The zero-order valence-corrected chi connectivity index (χ0v) is 13.8. The highest BCUT2D eigenvalue weighted by Gasteiger charge is 2.44. The van der Waals surface area contributed by atoms with Gasteiger partial charge in [-0.25, -0.2) is 0 Å². The fourth-order valence-electron chi connectivity index (χ4n) is 3.81. The summed E-state index contributed by atoms with van der Waals surface area (Å²) in [6.07, 6.45) is 15.4. The molecule has 2 radical (unpaired) electrons. The lowest BCUT2D eigenvalue weighted by Crippen LogP contribution is -2.45. The molecule has 1 aliphatic carbocycles. The molecule has 4 nitrogen and oxygen atoms in total. The molecule has 0 bridgehead atoms. The molecule has 0 aromatic rings. The molecule has 1 aliphatic heterocycles. The minimum absolute atomic E-state index is 0.0759. The molecule has 0 aromatic heterocycles. The van der Waals surface area contributed by atoms with Crippen LogP contribution in [0.25, 0.3) is 0 Å². The summed E-state index contributed by atoms with van der Waals surface area (Å²) in [5.74, 6) is 0.615. The Balaban J connectivity index is 1.59. The molecule has 22 heavy (non-hydrogen) atoms. The van der Waals surface area contributed by atoms with E-state index in [4.69, 9.17) is 4.74 Å². The molecule has 0 amide bonds. The Kier molecular flexibility index (Phi) is 7.64. The number of rotatable bonds is 11. The second-order valence-electron chi connectivity index (χ2n) is 6.90. The van der Waals surface area contributed by atoms with E-state index in [2.05, 4.69) is 6.92 Å². The number of unbranched alkanes of at least 4 members (excludes halogenated alkanes) is 5. The van der Waals surface area contributed by atoms with E-state index in [-0.39, 0.29) is 11.0 Å². The zero-order valence-electron chi connectivity index (χ0n) is 13.8. The van der Waals surface area contributed by atoms with Gasteiger partial charge < -0.3 is 4.74 Å². The SMILES string of the molecule is [CH2]CCCCCCCC(CC[C]1O[C@H]2CCCCC12)[N+](=O)[O-]. The average molecular weight is 309 g/mol. The molecule has 2 aliphatic rings. The number of nitro groups is 1. The summed E-state index contributed by atoms with van der Waals surface area (Å²) >= 11 is 0. The molecular weight excluding hydrogens is 278 g/mol. The minimum atomic E-state index is -0.383. The van der Waals surface area contributed by atoms with Gasteiger partial charge in [0.15, 0.2) is 0 Å². The third-order valence-electron chi connectivity index (χ3n) is 5.23. The van der Waals surface area contributed by atoms with E-state index in [1.165, 1.54) is 44.9 Å². The van der Waals surface area contributed by atoms with Crippen LogP contribution in [0.4, 0.5) is 0 Å². The lowest BCUT2D eigenvalue weighted by molar-refractivity contribution is -0.524. The Morgan fingerprint density at radius 2 is 1.86 bits per heavy atom. The zero-order chi connectivity index (χ0) is 15.8. The largest absolute Gasteiger partial charge is 0.368 e. The van der Waals surface area contributed by atoms with Crippen LogP contribution in [0.3, 0.4) is 0 Å². The molecular formula is C18H31NO3. The molecule has 0 N–H and O–H groups in total. The van der Waals surface area contributed by atoms with Crippen LogP contribution < -0.4 is 0 Å². The Morgan fingerprint density at radius 1 is 1.14 bits per heavy atom. The first kappa shape index (κ1) is 17.7. The Labute approximate surface area is 135 Å². The van der Waals surface area contributed by atoms with Crippen molar-refractivity contribution < 1.29 is 9.66 Å². The summed E-state index contributed by atoms with van der Waals surface area (Å²) < 4.78 is 5.83. The summed E-state index contributed by atoms with van der Waals surface area (Å²) in [4.78, 5) is 11.1. The van der Waals surface area contributed by atoms with Crippen molar-refractivity contribution in [2.24, 2.45) is 5.92 Å². The second kappa shape index (κ2) is 9.49. The highest BCUT2D eigenvalue weighted by Crippen LogP contribution is 2.46. The van der Waals surface area contributed by atoms with Crippen molar-refractivity contribution in [3.05, 3.63) is 23.1 Å². The molecule has 2 rings (SSSR count). The van der Waals surface area contributed by atoms with Gasteiger partial charge in [0.1, 0.15) is 6.10 Å². The van der Waals surface area contributed by atoms with Crippen molar-refractivity contribution >= 4 is 0 Å². The van der Waals surface area contributed by atoms with Gasteiger partial charge in [-0.2, -0.15) is 0 Å². The van der Waals surface area contributed by atoms with Crippen LogP contribution >= 0.6 is 0 Å². The van der Waals surface area contributed by atoms with Crippen molar-refractivity contribution in [1.29, 1.82) is 0 Å². The summed E-state index contributed by atoms with van der Waals surface area (Å²) in [5, 5.41) is 11.2. The molecule has 3 atom stereocenters. The van der Waals surface area contributed by atoms with E-state index >= 15 is 0 Å². The molecule has 2 fully saturated rings. The van der Waals surface area contributed by atoms with E-state index < -0.39 is 0 Å². The van der Waals surface area contributed by atoms with E-state index in [1.54, 1.807) is 0 Å². The first-order valence-electron chi connectivity index (χ1n) is 9.17. The summed E-state index contributed by atoms with van der Waals surface area (Å²) in [5.41, 5.74) is 0. The van der Waals surface area contributed by atoms with Gasteiger partial charge in [0.05, 0.1) is 6.10 Å². The molecule has 0 spiro atoms. The molecule has 1 saturated carbocycles. The predicted molar refractivity (Wildman–Crippen MR) is 87.8 cm³/mol. The van der Waals surface area contributed by atoms with E-state index in [0.717, 1.165) is 38.2 Å². The highest BCUT2D eigenvalue weighted by atomic mass is 16.6. The third kappa shape index (κ3) is 5.22. The Hall–Kier alpha value is -0.640. The van der Waals surface area contributed by atoms with Gasteiger partial charge in [-0.15, -0.1) is 0 Å². The summed E-state index contributed by atoms with van der Waals surface area (Å²) in [7, 11) is 0. The number of hydrogen-bond donors (Lipinski definition) is 0. The van der Waals surface area contributed by atoms with Crippen LogP contribution in [0.2, 0.25) is 0 Å². The molecule has 126 valence electrons. The van der Waals surface area contributed by atoms with Gasteiger partial charge >= 0.3 is 0 Å². The van der Waals surface area contributed by atoms with Gasteiger partial charge in [-0.1, -0.05) is 51.9 Å². The smallest absolute Gasteiger partial charge is 0.213 e. The van der Waals surface area contributed by atoms with Gasteiger partial charge in [0.25, 0.3) is 0 Å². The van der Waals surface area contributed by atoms with Crippen LogP contribution in [-0.2, 0) is 4.74 Å². The standard InChI is InChI=1S/C18H31NO3/c1-2-3-4-5-6-7-10-15(19(20)21)13-14-18-16-11-8-9-12-17(16)22-18/h15-17H,1-14H2/t15?,16?,17-/m0/s1. The molecule has 1 heterocycles. The topological polar surface area (TPSA) is 52.4 Å². The summed E-state index contributed by atoms with van der Waals surface area (Å²) in [6.45, 7) is 3.83. The maximum Gasteiger partial charge on any atom is 0.213 e. The van der Waals surface area contributed by atoms with Crippen molar-refractivity contribution in [3.63, 3.8) is 0 Å². The van der Waals surface area contributed by atoms with Crippen LogP contribution in [0.1, 0.15) is 83.5 Å². The Bertz CT molecular complexity index is 334. The third-order valence-corrected chi connectivity index (χ3v) is 5.23.